The maximum absolute atomic E-state index is 12.2. The van der Waals surface area contributed by atoms with Crippen LogP contribution in [-0.4, -0.2) is 26.8 Å². The van der Waals surface area contributed by atoms with Crippen LogP contribution in [0.15, 0.2) is 29.2 Å². The molecule has 2 rings (SSSR count). The lowest BCUT2D eigenvalue weighted by Gasteiger charge is -2.34. The fourth-order valence-electron chi connectivity index (χ4n) is 3.01. The predicted molar refractivity (Wildman–Crippen MR) is 87.5 cm³/mol. The standard InChI is InChI=1S/C16H24ClNO2S/c1-12-4-3-5-16(13(12)2)18-10-11-21(19,20)15-8-6-14(17)7-9-15/h6-9,12-13,16,18H,3-5,10-11H2,1-2H3. The predicted octanol–water partition coefficient (Wildman–Crippen LogP) is 3.53. The normalized spacial score (nSPS) is 26.7. The molecule has 0 aromatic heterocycles. The van der Waals surface area contributed by atoms with E-state index in [4.69, 9.17) is 11.6 Å². The van der Waals surface area contributed by atoms with E-state index < -0.39 is 9.84 Å². The van der Waals surface area contributed by atoms with Gasteiger partial charge in [-0.2, -0.15) is 0 Å². The zero-order valence-electron chi connectivity index (χ0n) is 12.7. The van der Waals surface area contributed by atoms with Gasteiger partial charge in [-0.25, -0.2) is 8.42 Å². The molecule has 1 aliphatic carbocycles. The van der Waals surface area contributed by atoms with Gasteiger partial charge < -0.3 is 5.32 Å². The molecule has 3 unspecified atom stereocenters. The molecule has 0 spiro atoms. The Morgan fingerprint density at radius 1 is 1.19 bits per heavy atom. The van der Waals surface area contributed by atoms with Crippen molar-refractivity contribution in [2.24, 2.45) is 11.8 Å². The average Bonchev–Trinajstić information content (AvgIpc) is 2.44. The van der Waals surface area contributed by atoms with Gasteiger partial charge in [0.25, 0.3) is 0 Å². The lowest BCUT2D eigenvalue weighted by Crippen LogP contribution is -2.42. The molecule has 1 aromatic rings. The zero-order valence-corrected chi connectivity index (χ0v) is 14.3. The molecule has 0 amide bonds. The van der Waals surface area contributed by atoms with Crippen LogP contribution in [0.4, 0.5) is 0 Å². The summed E-state index contributed by atoms with van der Waals surface area (Å²) in [6.45, 7) is 5.05. The summed E-state index contributed by atoms with van der Waals surface area (Å²) < 4.78 is 24.5. The van der Waals surface area contributed by atoms with Gasteiger partial charge in [0.1, 0.15) is 0 Å². The summed E-state index contributed by atoms with van der Waals surface area (Å²) in [7, 11) is -3.23. The maximum atomic E-state index is 12.2. The smallest absolute Gasteiger partial charge is 0.179 e. The number of hydrogen-bond acceptors (Lipinski definition) is 3. The summed E-state index contributed by atoms with van der Waals surface area (Å²) in [6.07, 6.45) is 3.65. The maximum Gasteiger partial charge on any atom is 0.179 e. The molecule has 3 atom stereocenters. The van der Waals surface area contributed by atoms with Crippen molar-refractivity contribution in [3.63, 3.8) is 0 Å². The highest BCUT2D eigenvalue weighted by atomic mass is 35.5. The number of nitrogens with one attached hydrogen (secondary N) is 1. The lowest BCUT2D eigenvalue weighted by molar-refractivity contribution is 0.209. The molecule has 0 aliphatic heterocycles. The van der Waals surface area contributed by atoms with Crippen molar-refractivity contribution in [3.8, 4) is 0 Å². The Hall–Kier alpha value is -0.580. The lowest BCUT2D eigenvalue weighted by atomic mass is 9.78. The molecule has 3 nitrogen and oxygen atoms in total. The van der Waals surface area contributed by atoms with Gasteiger partial charge >= 0.3 is 0 Å². The summed E-state index contributed by atoms with van der Waals surface area (Å²) in [4.78, 5) is 0.346. The van der Waals surface area contributed by atoms with Gasteiger partial charge in [-0.1, -0.05) is 38.3 Å². The topological polar surface area (TPSA) is 46.2 Å². The van der Waals surface area contributed by atoms with Gasteiger partial charge in [0, 0.05) is 17.6 Å². The number of halogens is 1. The van der Waals surface area contributed by atoms with Crippen molar-refractivity contribution >= 4 is 21.4 Å². The van der Waals surface area contributed by atoms with Crippen molar-refractivity contribution in [3.05, 3.63) is 29.3 Å². The monoisotopic (exact) mass is 329 g/mol. The van der Waals surface area contributed by atoms with Crippen molar-refractivity contribution in [1.29, 1.82) is 0 Å². The molecule has 1 aliphatic rings. The number of benzene rings is 1. The van der Waals surface area contributed by atoms with E-state index in [0.717, 1.165) is 6.42 Å². The van der Waals surface area contributed by atoms with Gasteiger partial charge in [-0.05, 0) is 42.5 Å². The molecule has 1 fully saturated rings. The Morgan fingerprint density at radius 3 is 2.52 bits per heavy atom. The largest absolute Gasteiger partial charge is 0.313 e. The summed E-state index contributed by atoms with van der Waals surface area (Å²) in [6, 6.07) is 6.82. The van der Waals surface area contributed by atoms with Crippen molar-refractivity contribution < 1.29 is 8.42 Å². The molecule has 0 saturated heterocycles. The van der Waals surface area contributed by atoms with Crippen LogP contribution in [0.25, 0.3) is 0 Å². The molecular weight excluding hydrogens is 306 g/mol. The molecule has 0 bridgehead atoms. The molecule has 118 valence electrons. The highest BCUT2D eigenvalue weighted by molar-refractivity contribution is 7.91. The van der Waals surface area contributed by atoms with Crippen LogP contribution in [0.1, 0.15) is 33.1 Å². The second-order valence-electron chi connectivity index (χ2n) is 6.10. The Bertz CT molecular complexity index is 556. The van der Waals surface area contributed by atoms with Gasteiger partial charge in [0.05, 0.1) is 10.6 Å². The van der Waals surface area contributed by atoms with E-state index in [-0.39, 0.29) is 5.75 Å². The van der Waals surface area contributed by atoms with Gasteiger partial charge in [-0.15, -0.1) is 0 Å². The van der Waals surface area contributed by atoms with Crippen LogP contribution in [-0.2, 0) is 9.84 Å². The second kappa shape index (κ2) is 7.12. The minimum Gasteiger partial charge on any atom is -0.313 e. The minimum absolute atomic E-state index is 0.131. The molecule has 5 heteroatoms. The van der Waals surface area contributed by atoms with Crippen LogP contribution in [0.2, 0.25) is 5.02 Å². The zero-order chi connectivity index (χ0) is 15.5. The van der Waals surface area contributed by atoms with E-state index in [9.17, 15) is 8.42 Å². The third-order valence-corrected chi connectivity index (χ3v) is 6.64. The van der Waals surface area contributed by atoms with Crippen molar-refractivity contribution in [2.45, 2.75) is 44.0 Å². The van der Waals surface area contributed by atoms with Crippen LogP contribution in [0.3, 0.4) is 0 Å². The third-order valence-electron chi connectivity index (χ3n) is 4.66. The molecule has 1 aromatic carbocycles. The minimum atomic E-state index is -3.23. The quantitative estimate of drug-likeness (QED) is 0.899. The molecule has 0 heterocycles. The molecule has 1 N–H and O–H groups in total. The first-order valence-electron chi connectivity index (χ1n) is 7.62. The molecule has 21 heavy (non-hydrogen) atoms. The van der Waals surface area contributed by atoms with Crippen LogP contribution >= 0.6 is 11.6 Å². The van der Waals surface area contributed by atoms with Crippen LogP contribution < -0.4 is 5.32 Å². The first-order chi connectivity index (χ1) is 9.90. The van der Waals surface area contributed by atoms with Crippen LogP contribution in [0.5, 0.6) is 0 Å². The number of rotatable bonds is 5. The Morgan fingerprint density at radius 2 is 1.86 bits per heavy atom. The van der Waals surface area contributed by atoms with E-state index in [1.807, 2.05) is 0 Å². The van der Waals surface area contributed by atoms with E-state index in [1.165, 1.54) is 12.8 Å². The Labute approximate surface area is 133 Å². The number of hydrogen-bond donors (Lipinski definition) is 1. The van der Waals surface area contributed by atoms with Crippen molar-refractivity contribution in [2.75, 3.05) is 12.3 Å². The highest BCUT2D eigenvalue weighted by Crippen LogP contribution is 2.29. The summed E-state index contributed by atoms with van der Waals surface area (Å²) in [5.74, 6) is 1.45. The third kappa shape index (κ3) is 4.44. The summed E-state index contributed by atoms with van der Waals surface area (Å²) in [5, 5.41) is 3.99. The summed E-state index contributed by atoms with van der Waals surface area (Å²) in [5.41, 5.74) is 0. The van der Waals surface area contributed by atoms with E-state index in [1.54, 1.807) is 24.3 Å². The first-order valence-corrected chi connectivity index (χ1v) is 9.65. The number of sulfone groups is 1. The van der Waals surface area contributed by atoms with E-state index in [2.05, 4.69) is 19.2 Å². The van der Waals surface area contributed by atoms with Gasteiger partial charge in [-0.3, -0.25) is 0 Å². The SMILES string of the molecule is CC1CCCC(NCCS(=O)(=O)c2ccc(Cl)cc2)C1C. The van der Waals surface area contributed by atoms with Gasteiger partial charge in [0.2, 0.25) is 0 Å². The summed E-state index contributed by atoms with van der Waals surface area (Å²) >= 11 is 5.79. The molecule has 1 saturated carbocycles. The fraction of sp³-hybridized carbons (Fsp3) is 0.625. The van der Waals surface area contributed by atoms with E-state index in [0.29, 0.717) is 34.3 Å². The molecular formula is C16H24ClNO2S. The van der Waals surface area contributed by atoms with Crippen molar-refractivity contribution in [1.82, 2.24) is 5.32 Å². The van der Waals surface area contributed by atoms with Gasteiger partial charge in [0.15, 0.2) is 9.84 Å². The second-order valence-corrected chi connectivity index (χ2v) is 8.65. The highest BCUT2D eigenvalue weighted by Gasteiger charge is 2.26. The Kier molecular flexibility index (Phi) is 5.69. The fourth-order valence-corrected chi connectivity index (χ4v) is 4.31. The Balaban J connectivity index is 1.89. The van der Waals surface area contributed by atoms with Crippen LogP contribution in [0, 0.1) is 11.8 Å². The molecule has 0 radical (unpaired) electrons. The first kappa shape index (κ1) is 16.8. The average molecular weight is 330 g/mol. The van der Waals surface area contributed by atoms with E-state index >= 15 is 0 Å².